The Morgan fingerprint density at radius 1 is 0.905 bits per heavy atom. The Labute approximate surface area is 127 Å². The van der Waals surface area contributed by atoms with Gasteiger partial charge in [-0.1, -0.05) is 36.4 Å². The van der Waals surface area contributed by atoms with E-state index >= 15 is 0 Å². The Kier molecular flexibility index (Phi) is 3.41. The molecule has 0 spiro atoms. The summed E-state index contributed by atoms with van der Waals surface area (Å²) < 4.78 is 0. The Morgan fingerprint density at radius 2 is 1.43 bits per heavy atom. The van der Waals surface area contributed by atoms with Crippen LogP contribution < -0.4 is 0 Å². The number of rotatable bonds is 3. The van der Waals surface area contributed by atoms with E-state index in [1.807, 2.05) is 6.07 Å². The molecule has 1 aliphatic carbocycles. The highest BCUT2D eigenvalue weighted by Gasteiger charge is 2.51. The summed E-state index contributed by atoms with van der Waals surface area (Å²) >= 11 is 0. The van der Waals surface area contributed by atoms with Crippen molar-refractivity contribution in [2.75, 3.05) is 0 Å². The summed E-state index contributed by atoms with van der Waals surface area (Å²) in [5.41, 5.74) is 7.38. The van der Waals surface area contributed by atoms with E-state index in [4.69, 9.17) is 0 Å². The molecule has 1 heteroatoms. The van der Waals surface area contributed by atoms with E-state index in [2.05, 4.69) is 58.0 Å². The maximum atomic E-state index is 11.2. The van der Waals surface area contributed by atoms with Crippen LogP contribution in [0.5, 0.6) is 0 Å². The summed E-state index contributed by atoms with van der Waals surface area (Å²) in [6.45, 7) is 8.56. The van der Waals surface area contributed by atoms with Crippen molar-refractivity contribution in [2.24, 2.45) is 0 Å². The van der Waals surface area contributed by atoms with E-state index in [0.29, 0.717) is 0 Å². The minimum atomic E-state index is -0.404. The van der Waals surface area contributed by atoms with Crippen LogP contribution in [0.25, 0.3) is 0 Å². The molecule has 0 aliphatic heterocycles. The van der Waals surface area contributed by atoms with Crippen LogP contribution in [0.1, 0.15) is 52.3 Å². The van der Waals surface area contributed by atoms with E-state index in [9.17, 15) is 5.11 Å². The highest BCUT2D eigenvalue weighted by Crippen LogP contribution is 2.57. The fraction of sp³-hybridized carbons (Fsp3) is 0.400. The van der Waals surface area contributed by atoms with Gasteiger partial charge in [-0.15, -0.1) is 0 Å². The summed E-state index contributed by atoms with van der Waals surface area (Å²) in [5.74, 6) is 0. The molecule has 1 N–H and O–H groups in total. The lowest BCUT2D eigenvalue weighted by molar-refractivity contribution is 0.131. The molecule has 1 fully saturated rings. The van der Waals surface area contributed by atoms with E-state index in [1.54, 1.807) is 0 Å². The quantitative estimate of drug-likeness (QED) is 0.865. The van der Waals surface area contributed by atoms with Crippen LogP contribution in [-0.2, 0) is 5.41 Å². The number of aliphatic hydroxyl groups is 1. The smallest absolute Gasteiger partial charge is 0.0891 e. The van der Waals surface area contributed by atoms with Gasteiger partial charge in [0.05, 0.1) is 6.10 Å². The van der Waals surface area contributed by atoms with Crippen LogP contribution in [0.4, 0.5) is 0 Å². The first-order valence-corrected chi connectivity index (χ1v) is 7.78. The minimum absolute atomic E-state index is 0.0724. The molecule has 1 atom stereocenters. The molecular weight excluding hydrogens is 256 g/mol. The van der Waals surface area contributed by atoms with Crippen molar-refractivity contribution in [1.82, 2.24) is 0 Å². The Morgan fingerprint density at radius 3 is 1.90 bits per heavy atom. The van der Waals surface area contributed by atoms with Gasteiger partial charge >= 0.3 is 0 Å². The normalized spacial score (nSPS) is 17.6. The van der Waals surface area contributed by atoms with Crippen molar-refractivity contribution >= 4 is 0 Å². The van der Waals surface area contributed by atoms with E-state index in [0.717, 1.165) is 18.4 Å². The Balaban J connectivity index is 2.10. The first kappa shape index (κ1) is 14.3. The van der Waals surface area contributed by atoms with Crippen molar-refractivity contribution < 1.29 is 5.11 Å². The molecule has 0 saturated heterocycles. The summed E-state index contributed by atoms with van der Waals surface area (Å²) in [6, 6.07) is 12.7. The van der Waals surface area contributed by atoms with E-state index in [1.165, 1.54) is 27.8 Å². The fourth-order valence-corrected chi connectivity index (χ4v) is 3.56. The zero-order chi connectivity index (χ0) is 15.2. The van der Waals surface area contributed by atoms with Gasteiger partial charge in [-0.05, 0) is 73.9 Å². The molecule has 2 aromatic carbocycles. The molecule has 0 heterocycles. The van der Waals surface area contributed by atoms with Crippen molar-refractivity contribution in [1.29, 1.82) is 0 Å². The number of benzene rings is 2. The van der Waals surface area contributed by atoms with Crippen LogP contribution in [0.2, 0.25) is 0 Å². The molecule has 21 heavy (non-hydrogen) atoms. The summed E-state index contributed by atoms with van der Waals surface area (Å²) in [6.07, 6.45) is 1.74. The van der Waals surface area contributed by atoms with Gasteiger partial charge in [0.1, 0.15) is 0 Å². The third-order valence-corrected chi connectivity index (χ3v) is 5.36. The summed E-state index contributed by atoms with van der Waals surface area (Å²) in [7, 11) is 0. The second-order valence-electron chi connectivity index (χ2n) is 6.60. The topological polar surface area (TPSA) is 20.2 Å². The van der Waals surface area contributed by atoms with Gasteiger partial charge in [-0.25, -0.2) is 0 Å². The largest absolute Gasteiger partial charge is 0.387 e. The molecule has 110 valence electrons. The first-order valence-electron chi connectivity index (χ1n) is 7.78. The standard InChI is InChI=1S/C20H24O/c1-13-12-14(2)16(4)18(15(13)3)19(21)20(10-11-20)17-8-6-5-7-9-17/h5-9,12,19,21H,10-11H2,1-4H3. The van der Waals surface area contributed by atoms with Crippen molar-refractivity contribution in [3.05, 3.63) is 69.8 Å². The maximum absolute atomic E-state index is 11.2. The van der Waals surface area contributed by atoms with Crippen LogP contribution in [0, 0.1) is 27.7 Å². The van der Waals surface area contributed by atoms with Gasteiger partial charge < -0.3 is 5.11 Å². The average Bonchev–Trinajstić information content (AvgIpc) is 3.28. The van der Waals surface area contributed by atoms with Crippen LogP contribution in [0.3, 0.4) is 0 Å². The number of aliphatic hydroxyl groups excluding tert-OH is 1. The Bertz CT molecular complexity index is 640. The lowest BCUT2D eigenvalue weighted by atomic mass is 9.81. The second kappa shape index (κ2) is 4.99. The number of aryl methyl sites for hydroxylation is 2. The van der Waals surface area contributed by atoms with Gasteiger partial charge in [0.25, 0.3) is 0 Å². The monoisotopic (exact) mass is 280 g/mol. The van der Waals surface area contributed by atoms with Crippen LogP contribution in [0.15, 0.2) is 36.4 Å². The van der Waals surface area contributed by atoms with Crippen molar-refractivity contribution in [2.45, 2.75) is 52.1 Å². The lowest BCUT2D eigenvalue weighted by Gasteiger charge is -2.27. The molecule has 0 amide bonds. The maximum Gasteiger partial charge on any atom is 0.0891 e. The van der Waals surface area contributed by atoms with Gasteiger partial charge in [0, 0.05) is 5.41 Å². The van der Waals surface area contributed by atoms with Crippen molar-refractivity contribution in [3.8, 4) is 0 Å². The molecule has 1 nitrogen and oxygen atoms in total. The number of hydrogen-bond donors (Lipinski definition) is 1. The molecule has 1 unspecified atom stereocenters. The molecule has 1 aliphatic rings. The average molecular weight is 280 g/mol. The summed E-state index contributed by atoms with van der Waals surface area (Å²) in [5, 5.41) is 11.2. The van der Waals surface area contributed by atoms with E-state index in [-0.39, 0.29) is 5.41 Å². The molecule has 0 aromatic heterocycles. The first-order chi connectivity index (χ1) is 9.97. The van der Waals surface area contributed by atoms with Gasteiger partial charge in [-0.2, -0.15) is 0 Å². The number of hydrogen-bond acceptors (Lipinski definition) is 1. The SMILES string of the molecule is Cc1cc(C)c(C)c(C(O)C2(c3ccccc3)CC2)c1C. The zero-order valence-corrected chi connectivity index (χ0v) is 13.4. The molecule has 0 radical (unpaired) electrons. The third-order valence-electron chi connectivity index (χ3n) is 5.36. The highest BCUT2D eigenvalue weighted by molar-refractivity contribution is 5.49. The zero-order valence-electron chi connectivity index (χ0n) is 13.4. The Hall–Kier alpha value is -1.60. The highest BCUT2D eigenvalue weighted by atomic mass is 16.3. The van der Waals surface area contributed by atoms with Gasteiger partial charge in [0.15, 0.2) is 0 Å². The van der Waals surface area contributed by atoms with Crippen molar-refractivity contribution in [3.63, 3.8) is 0 Å². The molecule has 0 bridgehead atoms. The predicted octanol–water partition coefficient (Wildman–Crippen LogP) is 4.69. The molecule has 2 aromatic rings. The summed E-state index contributed by atoms with van der Waals surface area (Å²) in [4.78, 5) is 0. The third kappa shape index (κ3) is 2.20. The van der Waals surface area contributed by atoms with Gasteiger partial charge in [-0.3, -0.25) is 0 Å². The van der Waals surface area contributed by atoms with E-state index < -0.39 is 6.10 Å². The fourth-order valence-electron chi connectivity index (χ4n) is 3.56. The molecule has 3 rings (SSSR count). The predicted molar refractivity (Wildman–Crippen MR) is 87.7 cm³/mol. The van der Waals surface area contributed by atoms with Gasteiger partial charge in [0.2, 0.25) is 0 Å². The second-order valence-corrected chi connectivity index (χ2v) is 6.60. The lowest BCUT2D eigenvalue weighted by Crippen LogP contribution is -2.21. The molecule has 1 saturated carbocycles. The molecular formula is C20H24O. The van der Waals surface area contributed by atoms with Crippen LogP contribution in [-0.4, -0.2) is 5.11 Å². The minimum Gasteiger partial charge on any atom is -0.387 e. The van der Waals surface area contributed by atoms with Crippen LogP contribution >= 0.6 is 0 Å².